The van der Waals surface area contributed by atoms with Gasteiger partial charge < -0.3 is 10.2 Å². The second-order valence-electron chi connectivity index (χ2n) is 7.30. The average molecular weight is 401 g/mol. The molecule has 0 unspecified atom stereocenters. The SMILES string of the molecule is CC[C@@H](C)NC(=O)[C@H](C)N(Cc1ccc(C)cc1)C(=O)Cc1ccc(Cl)cc1. The summed E-state index contributed by atoms with van der Waals surface area (Å²) in [6.45, 7) is 8.18. The molecule has 0 fully saturated rings. The molecule has 2 aromatic carbocycles. The zero-order chi connectivity index (χ0) is 20.7. The van der Waals surface area contributed by atoms with Crippen LogP contribution in [-0.2, 0) is 22.6 Å². The summed E-state index contributed by atoms with van der Waals surface area (Å²) in [6.07, 6.45) is 1.07. The van der Waals surface area contributed by atoms with E-state index in [1.807, 2.05) is 57.2 Å². The van der Waals surface area contributed by atoms with Crippen molar-refractivity contribution in [2.24, 2.45) is 0 Å². The molecule has 0 aliphatic rings. The minimum absolute atomic E-state index is 0.0718. The number of aryl methyl sites for hydroxylation is 1. The molecule has 0 spiro atoms. The van der Waals surface area contributed by atoms with Gasteiger partial charge in [-0.2, -0.15) is 0 Å². The summed E-state index contributed by atoms with van der Waals surface area (Å²) in [5, 5.41) is 3.61. The van der Waals surface area contributed by atoms with Crippen LogP contribution in [0.1, 0.15) is 43.9 Å². The number of benzene rings is 2. The van der Waals surface area contributed by atoms with Crippen molar-refractivity contribution >= 4 is 23.4 Å². The maximum absolute atomic E-state index is 13.1. The van der Waals surface area contributed by atoms with Gasteiger partial charge in [0.05, 0.1) is 6.42 Å². The molecular weight excluding hydrogens is 372 g/mol. The Bertz CT molecular complexity index is 787. The van der Waals surface area contributed by atoms with Gasteiger partial charge in [0.2, 0.25) is 11.8 Å². The fraction of sp³-hybridized carbons (Fsp3) is 0.391. The van der Waals surface area contributed by atoms with Crippen molar-refractivity contribution in [2.75, 3.05) is 0 Å². The predicted octanol–water partition coefficient (Wildman–Crippen LogP) is 4.52. The lowest BCUT2D eigenvalue weighted by molar-refractivity contribution is -0.140. The number of nitrogens with zero attached hydrogens (tertiary/aromatic N) is 1. The first-order chi connectivity index (χ1) is 13.3. The normalized spacial score (nSPS) is 12.9. The van der Waals surface area contributed by atoms with E-state index in [9.17, 15) is 9.59 Å². The number of nitrogens with one attached hydrogen (secondary N) is 1. The van der Waals surface area contributed by atoms with Crippen LogP contribution in [0.2, 0.25) is 5.02 Å². The maximum Gasteiger partial charge on any atom is 0.242 e. The quantitative estimate of drug-likeness (QED) is 0.708. The Morgan fingerprint density at radius 2 is 1.57 bits per heavy atom. The maximum atomic E-state index is 13.1. The lowest BCUT2D eigenvalue weighted by Gasteiger charge is -2.30. The topological polar surface area (TPSA) is 49.4 Å². The van der Waals surface area contributed by atoms with Crippen molar-refractivity contribution in [1.82, 2.24) is 10.2 Å². The first-order valence-electron chi connectivity index (χ1n) is 9.70. The third kappa shape index (κ3) is 6.38. The van der Waals surface area contributed by atoms with Crippen LogP contribution in [0.25, 0.3) is 0 Å². The van der Waals surface area contributed by atoms with Gasteiger partial charge in [-0.15, -0.1) is 0 Å². The lowest BCUT2D eigenvalue weighted by atomic mass is 10.1. The molecule has 0 bridgehead atoms. The summed E-state index contributed by atoms with van der Waals surface area (Å²) in [5.41, 5.74) is 3.03. The molecule has 4 nitrogen and oxygen atoms in total. The smallest absolute Gasteiger partial charge is 0.242 e. The van der Waals surface area contributed by atoms with Crippen LogP contribution >= 0.6 is 11.6 Å². The monoisotopic (exact) mass is 400 g/mol. The Hall–Kier alpha value is -2.33. The van der Waals surface area contributed by atoms with E-state index in [0.717, 1.165) is 23.1 Å². The Morgan fingerprint density at radius 3 is 2.14 bits per heavy atom. The summed E-state index contributed by atoms with van der Waals surface area (Å²) in [6, 6.07) is 14.8. The van der Waals surface area contributed by atoms with Crippen LogP contribution in [-0.4, -0.2) is 28.8 Å². The second-order valence-corrected chi connectivity index (χ2v) is 7.74. The zero-order valence-electron chi connectivity index (χ0n) is 17.0. The summed E-state index contributed by atoms with van der Waals surface area (Å²) in [4.78, 5) is 27.4. The van der Waals surface area contributed by atoms with E-state index in [1.54, 1.807) is 24.0 Å². The molecule has 1 N–H and O–H groups in total. The fourth-order valence-electron chi connectivity index (χ4n) is 2.82. The fourth-order valence-corrected chi connectivity index (χ4v) is 2.94. The number of rotatable bonds is 8. The Labute approximate surface area is 172 Å². The molecule has 0 heterocycles. The molecule has 0 aliphatic heterocycles. The van der Waals surface area contributed by atoms with Gasteiger partial charge in [-0.25, -0.2) is 0 Å². The Balaban J connectivity index is 2.20. The number of amides is 2. The van der Waals surface area contributed by atoms with E-state index in [4.69, 9.17) is 11.6 Å². The van der Waals surface area contributed by atoms with Crippen molar-refractivity contribution in [2.45, 2.75) is 59.2 Å². The summed E-state index contributed by atoms with van der Waals surface area (Å²) in [5.74, 6) is -0.222. The predicted molar refractivity (Wildman–Crippen MR) is 114 cm³/mol. The zero-order valence-corrected chi connectivity index (χ0v) is 17.8. The van der Waals surface area contributed by atoms with Crippen molar-refractivity contribution < 1.29 is 9.59 Å². The van der Waals surface area contributed by atoms with Gasteiger partial charge in [-0.3, -0.25) is 9.59 Å². The van der Waals surface area contributed by atoms with E-state index < -0.39 is 6.04 Å². The van der Waals surface area contributed by atoms with Crippen molar-refractivity contribution in [3.05, 3.63) is 70.2 Å². The summed E-state index contributed by atoms with van der Waals surface area (Å²) in [7, 11) is 0. The first-order valence-corrected chi connectivity index (χ1v) is 10.1. The molecule has 150 valence electrons. The van der Waals surface area contributed by atoms with Crippen LogP contribution in [0, 0.1) is 6.92 Å². The molecule has 2 amide bonds. The van der Waals surface area contributed by atoms with E-state index >= 15 is 0 Å². The number of hydrogen-bond acceptors (Lipinski definition) is 2. The molecule has 2 atom stereocenters. The number of carbonyl (C=O) groups excluding carboxylic acids is 2. The largest absolute Gasteiger partial charge is 0.352 e. The highest BCUT2D eigenvalue weighted by atomic mass is 35.5. The Kier molecular flexibility index (Phi) is 8.06. The summed E-state index contributed by atoms with van der Waals surface area (Å²) >= 11 is 5.94. The van der Waals surface area contributed by atoms with Crippen LogP contribution in [0.15, 0.2) is 48.5 Å². The second kappa shape index (κ2) is 10.3. The lowest BCUT2D eigenvalue weighted by Crippen LogP contribution is -2.49. The Morgan fingerprint density at radius 1 is 1.00 bits per heavy atom. The van der Waals surface area contributed by atoms with Gasteiger partial charge in [0.25, 0.3) is 0 Å². The molecular formula is C23H29ClN2O2. The minimum atomic E-state index is -0.560. The van der Waals surface area contributed by atoms with Gasteiger partial charge in [-0.1, -0.05) is 60.5 Å². The van der Waals surface area contributed by atoms with Crippen molar-refractivity contribution in [3.63, 3.8) is 0 Å². The van der Waals surface area contributed by atoms with Gasteiger partial charge in [0, 0.05) is 17.6 Å². The highest BCUT2D eigenvalue weighted by Gasteiger charge is 2.26. The molecule has 2 rings (SSSR count). The van der Waals surface area contributed by atoms with Crippen LogP contribution in [0.5, 0.6) is 0 Å². The van der Waals surface area contributed by atoms with E-state index in [-0.39, 0.29) is 24.3 Å². The first kappa shape index (κ1) is 22.0. The van der Waals surface area contributed by atoms with Crippen LogP contribution < -0.4 is 5.32 Å². The highest BCUT2D eigenvalue weighted by molar-refractivity contribution is 6.30. The third-order valence-electron chi connectivity index (χ3n) is 4.91. The van der Waals surface area contributed by atoms with Gasteiger partial charge in [0.1, 0.15) is 6.04 Å². The molecule has 0 aliphatic carbocycles. The van der Waals surface area contributed by atoms with Gasteiger partial charge in [0.15, 0.2) is 0 Å². The summed E-state index contributed by atoms with van der Waals surface area (Å²) < 4.78 is 0. The molecule has 0 saturated carbocycles. The van der Waals surface area contributed by atoms with Crippen molar-refractivity contribution in [1.29, 1.82) is 0 Å². The molecule has 5 heteroatoms. The molecule has 28 heavy (non-hydrogen) atoms. The van der Waals surface area contributed by atoms with E-state index in [2.05, 4.69) is 5.32 Å². The highest BCUT2D eigenvalue weighted by Crippen LogP contribution is 2.15. The van der Waals surface area contributed by atoms with Gasteiger partial charge >= 0.3 is 0 Å². The average Bonchev–Trinajstić information content (AvgIpc) is 2.68. The van der Waals surface area contributed by atoms with Crippen LogP contribution in [0.3, 0.4) is 0 Å². The molecule has 0 radical (unpaired) electrons. The molecule has 0 saturated heterocycles. The minimum Gasteiger partial charge on any atom is -0.352 e. The molecule has 0 aromatic heterocycles. The number of carbonyl (C=O) groups is 2. The van der Waals surface area contributed by atoms with Gasteiger partial charge in [-0.05, 0) is 50.5 Å². The van der Waals surface area contributed by atoms with E-state index in [1.165, 1.54) is 0 Å². The number of hydrogen-bond donors (Lipinski definition) is 1. The van der Waals surface area contributed by atoms with Crippen LogP contribution in [0.4, 0.5) is 0 Å². The molecule has 2 aromatic rings. The van der Waals surface area contributed by atoms with E-state index in [0.29, 0.717) is 11.6 Å². The van der Waals surface area contributed by atoms with Crippen molar-refractivity contribution in [3.8, 4) is 0 Å². The third-order valence-corrected chi connectivity index (χ3v) is 5.16. The number of halogens is 1. The standard InChI is InChI=1S/C23H29ClN2O2/c1-5-17(3)25-23(28)18(4)26(15-20-8-6-16(2)7-9-20)22(27)14-19-10-12-21(24)13-11-19/h6-13,17-18H,5,14-15H2,1-4H3,(H,25,28)/t17-,18+/m1/s1.